The summed E-state index contributed by atoms with van der Waals surface area (Å²) in [7, 11) is 0. The molecule has 1 atom stereocenters. The Bertz CT molecular complexity index is 846. The third kappa shape index (κ3) is 6.31. The molecule has 6 nitrogen and oxygen atoms in total. The smallest absolute Gasteiger partial charge is 0.322 e. The van der Waals surface area contributed by atoms with Gasteiger partial charge in [0.25, 0.3) is 0 Å². The van der Waals surface area contributed by atoms with Crippen molar-refractivity contribution in [1.29, 1.82) is 0 Å². The molecule has 3 rings (SSSR count). The average Bonchev–Trinajstić information content (AvgIpc) is 2.79. The van der Waals surface area contributed by atoms with Crippen molar-refractivity contribution in [1.82, 2.24) is 9.80 Å². The van der Waals surface area contributed by atoms with Crippen LogP contribution in [0.1, 0.15) is 55.5 Å². The molecule has 1 aliphatic heterocycles. The van der Waals surface area contributed by atoms with Crippen LogP contribution in [0.25, 0.3) is 0 Å². The zero-order valence-electron chi connectivity index (χ0n) is 18.6. The number of piperidine rings is 1. The number of urea groups is 1. The number of rotatable bonds is 8. The normalized spacial score (nSPS) is 15.9. The summed E-state index contributed by atoms with van der Waals surface area (Å²) in [6.07, 6.45) is 4.34. The van der Waals surface area contributed by atoms with Crippen molar-refractivity contribution in [2.24, 2.45) is 5.73 Å². The molecular weight excluding hydrogens is 388 g/mol. The van der Waals surface area contributed by atoms with E-state index in [-0.39, 0.29) is 12.1 Å². The fraction of sp³-hybridized carbons (Fsp3) is 0.440. The minimum Gasteiger partial charge on any atom is -0.366 e. The average molecular weight is 423 g/mol. The number of nitrogens with one attached hydrogen (secondary N) is 1. The molecule has 1 aliphatic rings. The second-order valence-electron chi connectivity index (χ2n) is 8.39. The van der Waals surface area contributed by atoms with Gasteiger partial charge in [0.15, 0.2) is 0 Å². The van der Waals surface area contributed by atoms with Gasteiger partial charge in [-0.05, 0) is 56.0 Å². The number of carbonyl (C=O) groups excluding carboxylic acids is 2. The molecule has 6 heteroatoms. The minimum atomic E-state index is -0.479. The lowest BCUT2D eigenvalue weighted by atomic mass is 10.00. The summed E-state index contributed by atoms with van der Waals surface area (Å²) in [4.78, 5) is 29.1. The van der Waals surface area contributed by atoms with E-state index in [1.807, 2.05) is 23.1 Å². The molecule has 2 aromatic rings. The van der Waals surface area contributed by atoms with Gasteiger partial charge in [-0.2, -0.15) is 0 Å². The van der Waals surface area contributed by atoms with E-state index in [1.54, 1.807) is 24.3 Å². The van der Waals surface area contributed by atoms with Gasteiger partial charge in [0.05, 0.1) is 0 Å². The molecule has 3 N–H and O–H groups in total. The number of nitrogens with two attached hydrogens (primary N) is 1. The maximum atomic E-state index is 13.3. The molecule has 0 radical (unpaired) electrons. The van der Waals surface area contributed by atoms with Crippen LogP contribution in [0.3, 0.4) is 0 Å². The first-order chi connectivity index (χ1) is 15.0. The number of carbonyl (C=O) groups is 2. The molecule has 3 amide bonds. The maximum Gasteiger partial charge on any atom is 0.322 e. The first-order valence-electron chi connectivity index (χ1n) is 11.2. The second-order valence-corrected chi connectivity index (χ2v) is 8.39. The number of hydrogen-bond donors (Lipinski definition) is 2. The quantitative estimate of drug-likeness (QED) is 0.659. The Labute approximate surface area is 185 Å². The molecule has 0 aromatic heterocycles. The summed E-state index contributed by atoms with van der Waals surface area (Å²) in [5, 5.41) is 3.00. The van der Waals surface area contributed by atoms with E-state index in [0.29, 0.717) is 23.8 Å². The van der Waals surface area contributed by atoms with Crippen molar-refractivity contribution in [2.45, 2.75) is 58.2 Å². The van der Waals surface area contributed by atoms with Crippen molar-refractivity contribution in [3.05, 3.63) is 65.7 Å². The van der Waals surface area contributed by atoms with Gasteiger partial charge in [0, 0.05) is 43.0 Å². The monoisotopic (exact) mass is 422 g/mol. The molecule has 166 valence electrons. The van der Waals surface area contributed by atoms with E-state index < -0.39 is 5.91 Å². The highest BCUT2D eigenvalue weighted by atomic mass is 16.2. The zero-order chi connectivity index (χ0) is 22.2. The lowest BCUT2D eigenvalue weighted by Crippen LogP contribution is -2.50. The topological polar surface area (TPSA) is 78.7 Å². The summed E-state index contributed by atoms with van der Waals surface area (Å²) < 4.78 is 0. The van der Waals surface area contributed by atoms with Crippen LogP contribution >= 0.6 is 0 Å². The largest absolute Gasteiger partial charge is 0.366 e. The Morgan fingerprint density at radius 1 is 1.10 bits per heavy atom. The fourth-order valence-electron chi connectivity index (χ4n) is 4.30. The van der Waals surface area contributed by atoms with Gasteiger partial charge in [0.1, 0.15) is 0 Å². The van der Waals surface area contributed by atoms with Crippen LogP contribution in [-0.4, -0.2) is 46.9 Å². The van der Waals surface area contributed by atoms with E-state index >= 15 is 0 Å². The van der Waals surface area contributed by atoms with Crippen LogP contribution in [0.2, 0.25) is 0 Å². The highest BCUT2D eigenvalue weighted by molar-refractivity contribution is 5.94. The summed E-state index contributed by atoms with van der Waals surface area (Å²) in [5.74, 6) is -0.479. The molecule has 0 saturated carbocycles. The predicted octanol–water partition coefficient (Wildman–Crippen LogP) is 4.47. The molecule has 0 spiro atoms. The number of benzene rings is 2. The number of anilines is 1. The molecule has 1 saturated heterocycles. The molecular formula is C25H34N4O2. The van der Waals surface area contributed by atoms with Crippen LogP contribution in [0.4, 0.5) is 10.5 Å². The Morgan fingerprint density at radius 2 is 1.74 bits per heavy atom. The zero-order valence-corrected chi connectivity index (χ0v) is 18.6. The van der Waals surface area contributed by atoms with Crippen molar-refractivity contribution in [3.8, 4) is 0 Å². The van der Waals surface area contributed by atoms with E-state index in [4.69, 9.17) is 5.73 Å². The molecule has 1 heterocycles. The molecule has 0 bridgehead atoms. The molecule has 1 unspecified atom stereocenters. The van der Waals surface area contributed by atoms with E-state index in [1.165, 1.54) is 12.8 Å². The van der Waals surface area contributed by atoms with E-state index in [9.17, 15) is 9.59 Å². The summed E-state index contributed by atoms with van der Waals surface area (Å²) >= 11 is 0. The highest BCUT2D eigenvalue weighted by Gasteiger charge is 2.29. The van der Waals surface area contributed by atoms with Gasteiger partial charge in [-0.1, -0.05) is 43.7 Å². The second kappa shape index (κ2) is 11.0. The van der Waals surface area contributed by atoms with Crippen LogP contribution in [0, 0.1) is 0 Å². The van der Waals surface area contributed by atoms with Gasteiger partial charge in [0.2, 0.25) is 5.91 Å². The van der Waals surface area contributed by atoms with Gasteiger partial charge in [-0.3, -0.25) is 4.79 Å². The molecule has 0 aliphatic carbocycles. The fourth-order valence-corrected chi connectivity index (χ4v) is 4.30. The van der Waals surface area contributed by atoms with Crippen LogP contribution in [0.5, 0.6) is 0 Å². The summed E-state index contributed by atoms with van der Waals surface area (Å²) in [5.41, 5.74) is 7.50. The predicted molar refractivity (Wildman–Crippen MR) is 125 cm³/mol. The van der Waals surface area contributed by atoms with E-state index in [2.05, 4.69) is 36.2 Å². The Hall–Kier alpha value is -2.86. The third-order valence-electron chi connectivity index (χ3n) is 6.15. The Kier molecular flexibility index (Phi) is 8.06. The van der Waals surface area contributed by atoms with Gasteiger partial charge in [-0.25, -0.2) is 4.79 Å². The highest BCUT2D eigenvalue weighted by Crippen LogP contribution is 2.23. The summed E-state index contributed by atoms with van der Waals surface area (Å²) in [6, 6.07) is 17.5. The Morgan fingerprint density at radius 3 is 2.32 bits per heavy atom. The SMILES string of the molecule is CCCC(C)N1CCC(N(Cc2ccccc2)C(=O)Nc2ccc(C(N)=O)cc2)CC1. The lowest BCUT2D eigenvalue weighted by Gasteiger charge is -2.40. The number of amides is 3. The summed E-state index contributed by atoms with van der Waals surface area (Å²) in [6.45, 7) is 7.12. The van der Waals surface area contributed by atoms with Crippen molar-refractivity contribution < 1.29 is 9.59 Å². The van der Waals surface area contributed by atoms with Crippen molar-refractivity contribution in [2.75, 3.05) is 18.4 Å². The first-order valence-corrected chi connectivity index (χ1v) is 11.2. The molecule has 31 heavy (non-hydrogen) atoms. The lowest BCUT2D eigenvalue weighted by molar-refractivity contribution is 0.0988. The number of hydrogen-bond acceptors (Lipinski definition) is 3. The number of likely N-dealkylation sites (tertiary alicyclic amines) is 1. The van der Waals surface area contributed by atoms with Crippen LogP contribution in [-0.2, 0) is 6.54 Å². The number of nitrogens with zero attached hydrogens (tertiary/aromatic N) is 2. The van der Waals surface area contributed by atoms with Crippen LogP contribution < -0.4 is 11.1 Å². The minimum absolute atomic E-state index is 0.115. The van der Waals surface area contributed by atoms with Crippen molar-refractivity contribution in [3.63, 3.8) is 0 Å². The van der Waals surface area contributed by atoms with Gasteiger partial charge in [-0.15, -0.1) is 0 Å². The standard InChI is InChI=1S/C25H34N4O2/c1-3-7-19(2)28-16-14-23(15-17-28)29(18-20-8-5-4-6-9-20)25(31)27-22-12-10-21(11-13-22)24(26)30/h4-6,8-13,19,23H,3,7,14-18H2,1-2H3,(H2,26,30)(H,27,31). The number of primary amides is 1. The molecule has 1 fully saturated rings. The van der Waals surface area contributed by atoms with Gasteiger partial charge < -0.3 is 20.9 Å². The van der Waals surface area contributed by atoms with E-state index in [0.717, 1.165) is 31.5 Å². The maximum absolute atomic E-state index is 13.3. The van der Waals surface area contributed by atoms with Crippen LogP contribution in [0.15, 0.2) is 54.6 Å². The first kappa shape index (κ1) is 22.8. The third-order valence-corrected chi connectivity index (χ3v) is 6.15. The van der Waals surface area contributed by atoms with Crippen molar-refractivity contribution >= 4 is 17.6 Å². The van der Waals surface area contributed by atoms with Gasteiger partial charge >= 0.3 is 6.03 Å². The molecule has 2 aromatic carbocycles. The Balaban J connectivity index is 1.70.